The number of hydrogen-bond acceptors (Lipinski definition) is 2. The maximum atomic E-state index is 13.5. The van der Waals surface area contributed by atoms with Gasteiger partial charge in [-0.1, -0.05) is 54.6 Å². The molecule has 4 aromatic carbocycles. The molecule has 0 aromatic heterocycles. The lowest BCUT2D eigenvalue weighted by Gasteiger charge is -2.29. The first kappa shape index (κ1) is 19.2. The molecule has 1 unspecified atom stereocenters. The highest BCUT2D eigenvalue weighted by molar-refractivity contribution is 6.10. The second-order valence-corrected chi connectivity index (χ2v) is 7.70. The van der Waals surface area contributed by atoms with Crippen LogP contribution >= 0.6 is 0 Å². The van der Waals surface area contributed by atoms with Crippen LogP contribution in [0.15, 0.2) is 91.0 Å². The van der Waals surface area contributed by atoms with Gasteiger partial charge in [-0.25, -0.2) is 8.78 Å². The molecule has 0 radical (unpaired) electrons. The van der Waals surface area contributed by atoms with Crippen LogP contribution < -0.4 is 5.32 Å². The van der Waals surface area contributed by atoms with Gasteiger partial charge in [0.2, 0.25) is 0 Å². The molecule has 5 rings (SSSR count). The van der Waals surface area contributed by atoms with Gasteiger partial charge in [0.1, 0.15) is 11.6 Å². The van der Waals surface area contributed by atoms with Gasteiger partial charge < -0.3 is 5.32 Å². The normalized spacial score (nSPS) is 15.3. The molecular formula is C27H19F2NO. The van der Waals surface area contributed by atoms with Crippen LogP contribution in [-0.2, 0) is 0 Å². The number of rotatable bonds is 3. The molecule has 31 heavy (non-hydrogen) atoms. The van der Waals surface area contributed by atoms with Crippen molar-refractivity contribution in [1.29, 1.82) is 0 Å². The zero-order chi connectivity index (χ0) is 21.4. The molecule has 0 amide bonds. The molecule has 152 valence electrons. The minimum absolute atomic E-state index is 0.0348. The molecule has 1 atom stereocenters. The molecular weight excluding hydrogens is 392 g/mol. The average Bonchev–Trinajstić information content (AvgIpc) is 2.80. The molecule has 2 nitrogen and oxygen atoms in total. The lowest BCUT2D eigenvalue weighted by atomic mass is 9.85. The highest BCUT2D eigenvalue weighted by Gasteiger charge is 2.29. The van der Waals surface area contributed by atoms with E-state index in [4.69, 9.17) is 0 Å². The predicted molar refractivity (Wildman–Crippen MR) is 119 cm³/mol. The van der Waals surface area contributed by atoms with Gasteiger partial charge in [-0.3, -0.25) is 4.79 Å². The second-order valence-electron chi connectivity index (χ2n) is 7.70. The summed E-state index contributed by atoms with van der Waals surface area (Å²) < 4.78 is 27.0. The van der Waals surface area contributed by atoms with Crippen molar-refractivity contribution < 1.29 is 13.6 Å². The molecule has 0 aliphatic carbocycles. The second kappa shape index (κ2) is 7.80. The lowest BCUT2D eigenvalue weighted by molar-refractivity contribution is 0.0973. The van der Waals surface area contributed by atoms with Crippen LogP contribution in [-0.4, -0.2) is 5.78 Å². The van der Waals surface area contributed by atoms with Crippen molar-refractivity contribution in [3.63, 3.8) is 0 Å². The van der Waals surface area contributed by atoms with Gasteiger partial charge in [0.25, 0.3) is 0 Å². The molecule has 1 heterocycles. The molecule has 0 bridgehead atoms. The number of hydrogen-bond donors (Lipinski definition) is 1. The van der Waals surface area contributed by atoms with Crippen molar-refractivity contribution in [1.82, 2.24) is 0 Å². The molecule has 1 aliphatic rings. The standard InChI is InChI=1S/C27H19F2NO/c28-21-10-6-17(7-11-21)20-14-23(18-8-12-22(29)13-9-18)27-25(15-20)30-24(16-26(27)31)19-4-2-1-3-5-19/h1-15,24,30H,16H2. The Kier molecular flexibility index (Phi) is 4.83. The van der Waals surface area contributed by atoms with Crippen molar-refractivity contribution in [2.75, 3.05) is 5.32 Å². The third kappa shape index (κ3) is 3.73. The van der Waals surface area contributed by atoms with Gasteiger partial charge in [-0.05, 0) is 64.2 Å². The largest absolute Gasteiger partial charge is 0.377 e. The number of fused-ring (bicyclic) bond motifs is 1. The monoisotopic (exact) mass is 411 g/mol. The summed E-state index contributed by atoms with van der Waals surface area (Å²) in [6.07, 6.45) is 0.334. The van der Waals surface area contributed by atoms with E-state index in [2.05, 4.69) is 5.32 Å². The molecule has 0 saturated carbocycles. The van der Waals surface area contributed by atoms with Gasteiger partial charge in [-0.15, -0.1) is 0 Å². The fourth-order valence-electron chi connectivity index (χ4n) is 4.14. The molecule has 4 heteroatoms. The molecule has 1 N–H and O–H groups in total. The van der Waals surface area contributed by atoms with Crippen LogP contribution in [0, 0.1) is 11.6 Å². The fourth-order valence-corrected chi connectivity index (χ4v) is 4.14. The first-order valence-electron chi connectivity index (χ1n) is 10.1. The summed E-state index contributed by atoms with van der Waals surface area (Å²) in [5.41, 5.74) is 5.56. The minimum atomic E-state index is -0.333. The summed E-state index contributed by atoms with van der Waals surface area (Å²) in [5.74, 6) is -0.605. The summed E-state index contributed by atoms with van der Waals surface area (Å²) in [6.45, 7) is 0. The lowest BCUT2D eigenvalue weighted by Crippen LogP contribution is -2.23. The van der Waals surface area contributed by atoms with Crippen molar-refractivity contribution in [3.8, 4) is 22.3 Å². The zero-order valence-electron chi connectivity index (χ0n) is 16.6. The Morgan fingerprint density at radius 2 is 1.32 bits per heavy atom. The summed E-state index contributed by atoms with van der Waals surface area (Å²) in [5, 5.41) is 3.52. The fraction of sp³-hybridized carbons (Fsp3) is 0.0741. The number of carbonyl (C=O) groups excluding carboxylic acids is 1. The number of Topliss-reactive ketones (excluding diaryl/α,β-unsaturated/α-hetero) is 1. The number of ketones is 1. The van der Waals surface area contributed by atoms with E-state index >= 15 is 0 Å². The first-order chi connectivity index (χ1) is 15.1. The third-order valence-corrected chi connectivity index (χ3v) is 5.67. The summed E-state index contributed by atoms with van der Waals surface area (Å²) in [4.78, 5) is 13.3. The Bertz CT molecular complexity index is 1250. The SMILES string of the molecule is O=C1CC(c2ccccc2)Nc2cc(-c3ccc(F)cc3)cc(-c3ccc(F)cc3)c21. The van der Waals surface area contributed by atoms with E-state index in [9.17, 15) is 13.6 Å². The Morgan fingerprint density at radius 1 is 0.710 bits per heavy atom. The highest BCUT2D eigenvalue weighted by atomic mass is 19.1. The van der Waals surface area contributed by atoms with Crippen LogP contribution in [0.25, 0.3) is 22.3 Å². The minimum Gasteiger partial charge on any atom is -0.377 e. The van der Waals surface area contributed by atoms with Crippen LogP contribution in [0.1, 0.15) is 28.4 Å². The molecule has 4 aromatic rings. The first-order valence-corrected chi connectivity index (χ1v) is 10.1. The smallest absolute Gasteiger partial charge is 0.167 e. The van der Waals surface area contributed by atoms with Crippen LogP contribution in [0.2, 0.25) is 0 Å². The van der Waals surface area contributed by atoms with Crippen LogP contribution in [0.3, 0.4) is 0 Å². The predicted octanol–water partition coefficient (Wildman–Crippen LogP) is 7.04. The van der Waals surface area contributed by atoms with E-state index < -0.39 is 0 Å². The van der Waals surface area contributed by atoms with Gasteiger partial charge in [-0.2, -0.15) is 0 Å². The number of nitrogens with one attached hydrogen (secondary N) is 1. The maximum absolute atomic E-state index is 13.5. The van der Waals surface area contributed by atoms with E-state index in [1.807, 2.05) is 42.5 Å². The molecule has 0 saturated heterocycles. The van der Waals surface area contributed by atoms with E-state index in [1.165, 1.54) is 24.3 Å². The van der Waals surface area contributed by atoms with Crippen molar-refractivity contribution in [2.45, 2.75) is 12.5 Å². The van der Waals surface area contributed by atoms with E-state index in [-0.39, 0.29) is 23.5 Å². The number of benzene rings is 4. The Hall–Kier alpha value is -3.79. The molecule has 0 spiro atoms. The molecule has 0 fully saturated rings. The van der Waals surface area contributed by atoms with E-state index in [0.717, 1.165) is 33.5 Å². The number of halogens is 2. The van der Waals surface area contributed by atoms with Gasteiger partial charge in [0.15, 0.2) is 5.78 Å². The summed E-state index contributed by atoms with van der Waals surface area (Å²) >= 11 is 0. The topological polar surface area (TPSA) is 29.1 Å². The highest BCUT2D eigenvalue weighted by Crippen LogP contribution is 2.41. The Balaban J connectivity index is 1.68. The molecule has 1 aliphatic heterocycles. The zero-order valence-corrected chi connectivity index (χ0v) is 16.6. The van der Waals surface area contributed by atoms with E-state index in [1.54, 1.807) is 24.3 Å². The third-order valence-electron chi connectivity index (χ3n) is 5.67. The quantitative estimate of drug-likeness (QED) is 0.392. The van der Waals surface area contributed by atoms with Crippen molar-refractivity contribution in [3.05, 3.63) is 114 Å². The van der Waals surface area contributed by atoms with Crippen molar-refractivity contribution in [2.24, 2.45) is 0 Å². The van der Waals surface area contributed by atoms with Crippen LogP contribution in [0.4, 0.5) is 14.5 Å². The maximum Gasteiger partial charge on any atom is 0.167 e. The van der Waals surface area contributed by atoms with E-state index in [0.29, 0.717) is 12.0 Å². The Morgan fingerprint density at radius 3 is 1.97 bits per heavy atom. The van der Waals surface area contributed by atoms with Gasteiger partial charge in [0, 0.05) is 17.7 Å². The average molecular weight is 411 g/mol. The Labute approximate surface area is 179 Å². The van der Waals surface area contributed by atoms with Gasteiger partial charge in [0.05, 0.1) is 6.04 Å². The van der Waals surface area contributed by atoms with Crippen molar-refractivity contribution >= 4 is 11.5 Å². The van der Waals surface area contributed by atoms with Crippen LogP contribution in [0.5, 0.6) is 0 Å². The number of anilines is 1. The van der Waals surface area contributed by atoms with Gasteiger partial charge >= 0.3 is 0 Å². The summed E-state index contributed by atoms with van der Waals surface area (Å²) in [6, 6.07) is 26.0. The number of carbonyl (C=O) groups is 1. The summed E-state index contributed by atoms with van der Waals surface area (Å²) in [7, 11) is 0.